The van der Waals surface area contributed by atoms with E-state index in [1.54, 1.807) is 23.1 Å². The fourth-order valence-corrected chi connectivity index (χ4v) is 2.80. The molecule has 18 heavy (non-hydrogen) atoms. The second-order valence-electron chi connectivity index (χ2n) is 4.96. The minimum absolute atomic E-state index is 0.0451. The van der Waals surface area contributed by atoms with Crippen LogP contribution in [0.3, 0.4) is 0 Å². The summed E-state index contributed by atoms with van der Waals surface area (Å²) >= 11 is 0. The van der Waals surface area contributed by atoms with E-state index in [1.807, 2.05) is 7.05 Å². The van der Waals surface area contributed by atoms with Gasteiger partial charge in [0.15, 0.2) is 0 Å². The van der Waals surface area contributed by atoms with E-state index in [1.165, 1.54) is 6.07 Å². The molecule has 1 aliphatic carbocycles. The molecule has 0 saturated heterocycles. The van der Waals surface area contributed by atoms with E-state index in [0.717, 1.165) is 19.3 Å². The molecule has 98 valence electrons. The maximum atomic E-state index is 12.3. The lowest BCUT2D eigenvalue weighted by Crippen LogP contribution is -2.41. The van der Waals surface area contributed by atoms with Crippen molar-refractivity contribution in [3.05, 3.63) is 29.8 Å². The van der Waals surface area contributed by atoms with E-state index in [-0.39, 0.29) is 17.7 Å². The van der Waals surface area contributed by atoms with Crippen LogP contribution >= 0.6 is 0 Å². The highest BCUT2D eigenvalue weighted by atomic mass is 16.3. The molecule has 0 aliphatic heterocycles. The zero-order valence-electron chi connectivity index (χ0n) is 10.7. The first kappa shape index (κ1) is 12.9. The van der Waals surface area contributed by atoms with Crippen LogP contribution in [0.25, 0.3) is 0 Å². The van der Waals surface area contributed by atoms with E-state index in [4.69, 9.17) is 5.73 Å². The molecule has 0 heterocycles. The van der Waals surface area contributed by atoms with Gasteiger partial charge in [0.25, 0.3) is 5.91 Å². The predicted molar refractivity (Wildman–Crippen MR) is 70.4 cm³/mol. The number of carbonyl (C=O) groups excluding carboxylic acids is 1. The molecule has 1 aromatic carbocycles. The van der Waals surface area contributed by atoms with Gasteiger partial charge >= 0.3 is 0 Å². The van der Waals surface area contributed by atoms with Crippen molar-refractivity contribution >= 4 is 5.91 Å². The quantitative estimate of drug-likeness (QED) is 0.853. The van der Waals surface area contributed by atoms with Crippen LogP contribution < -0.4 is 5.73 Å². The number of hydrogen-bond donors (Lipinski definition) is 2. The predicted octanol–water partition coefficient (Wildman–Crippen LogP) is 1.59. The number of nitrogens with two attached hydrogens (primary N) is 1. The summed E-state index contributed by atoms with van der Waals surface area (Å²) in [4.78, 5) is 14.1. The zero-order chi connectivity index (χ0) is 13.1. The normalized spacial score (nSPS) is 23.0. The summed E-state index contributed by atoms with van der Waals surface area (Å²) in [6.07, 6.45) is 3.24. The van der Waals surface area contributed by atoms with Crippen LogP contribution in [-0.4, -0.2) is 35.5 Å². The lowest BCUT2D eigenvalue weighted by Gasteiger charge is -2.29. The molecular formula is C14H20N2O2. The fraction of sp³-hybridized carbons (Fsp3) is 0.500. The van der Waals surface area contributed by atoms with E-state index < -0.39 is 0 Å². The van der Waals surface area contributed by atoms with Crippen molar-refractivity contribution in [3.8, 4) is 5.75 Å². The van der Waals surface area contributed by atoms with Crippen molar-refractivity contribution in [2.45, 2.75) is 25.3 Å². The summed E-state index contributed by atoms with van der Waals surface area (Å²) < 4.78 is 0. The van der Waals surface area contributed by atoms with Crippen molar-refractivity contribution in [2.75, 3.05) is 13.6 Å². The van der Waals surface area contributed by atoms with Gasteiger partial charge in [-0.25, -0.2) is 0 Å². The van der Waals surface area contributed by atoms with Gasteiger partial charge in [0.05, 0.1) is 0 Å². The third kappa shape index (κ3) is 2.48. The van der Waals surface area contributed by atoms with Crippen LogP contribution in [0.4, 0.5) is 0 Å². The first-order valence-electron chi connectivity index (χ1n) is 6.39. The van der Waals surface area contributed by atoms with Crippen LogP contribution in [0, 0.1) is 5.92 Å². The number of hydrogen-bond acceptors (Lipinski definition) is 3. The molecule has 0 radical (unpaired) electrons. The molecule has 4 heteroatoms. The largest absolute Gasteiger partial charge is 0.508 e. The van der Waals surface area contributed by atoms with Gasteiger partial charge in [-0.15, -0.1) is 0 Å². The molecule has 2 atom stereocenters. The lowest BCUT2D eigenvalue weighted by atomic mass is 10.0. The van der Waals surface area contributed by atoms with Crippen molar-refractivity contribution in [1.82, 2.24) is 4.90 Å². The minimum Gasteiger partial charge on any atom is -0.508 e. The maximum Gasteiger partial charge on any atom is 0.253 e. The third-order valence-corrected chi connectivity index (χ3v) is 3.83. The Labute approximate surface area is 107 Å². The van der Waals surface area contributed by atoms with Crippen LogP contribution in [0.15, 0.2) is 24.3 Å². The first-order valence-corrected chi connectivity index (χ1v) is 6.39. The number of amides is 1. The van der Waals surface area contributed by atoms with Crippen molar-refractivity contribution in [2.24, 2.45) is 11.7 Å². The van der Waals surface area contributed by atoms with E-state index >= 15 is 0 Å². The molecule has 3 N–H and O–H groups in total. The number of aromatic hydroxyl groups is 1. The number of phenols is 1. The number of benzene rings is 1. The van der Waals surface area contributed by atoms with Crippen LogP contribution in [-0.2, 0) is 0 Å². The molecular weight excluding hydrogens is 228 g/mol. The Morgan fingerprint density at radius 3 is 2.94 bits per heavy atom. The Balaban J connectivity index is 2.13. The minimum atomic E-state index is -0.0451. The van der Waals surface area contributed by atoms with E-state index in [0.29, 0.717) is 18.0 Å². The smallest absolute Gasteiger partial charge is 0.253 e. The fourth-order valence-electron chi connectivity index (χ4n) is 2.80. The number of nitrogens with zero attached hydrogens (tertiary/aromatic N) is 1. The molecule has 1 fully saturated rings. The first-order chi connectivity index (χ1) is 8.63. The Hall–Kier alpha value is -1.55. The van der Waals surface area contributed by atoms with E-state index in [9.17, 15) is 9.90 Å². The lowest BCUT2D eigenvalue weighted by molar-refractivity contribution is 0.0699. The van der Waals surface area contributed by atoms with Gasteiger partial charge in [-0.1, -0.05) is 12.5 Å². The van der Waals surface area contributed by atoms with Gasteiger partial charge in [-0.2, -0.15) is 0 Å². The number of phenolic OH excluding ortho intramolecular Hbond substituents is 1. The monoisotopic (exact) mass is 248 g/mol. The number of carbonyl (C=O) groups is 1. The van der Waals surface area contributed by atoms with E-state index in [2.05, 4.69) is 0 Å². The van der Waals surface area contributed by atoms with Gasteiger partial charge in [0, 0.05) is 18.7 Å². The summed E-state index contributed by atoms with van der Waals surface area (Å²) in [6.45, 7) is 0.627. The van der Waals surface area contributed by atoms with Crippen molar-refractivity contribution < 1.29 is 9.90 Å². The van der Waals surface area contributed by atoms with Gasteiger partial charge in [-0.3, -0.25) is 4.79 Å². The maximum absolute atomic E-state index is 12.3. The molecule has 0 bridgehead atoms. The topological polar surface area (TPSA) is 66.6 Å². The summed E-state index contributed by atoms with van der Waals surface area (Å²) in [5.41, 5.74) is 6.27. The molecule has 1 aliphatic rings. The van der Waals surface area contributed by atoms with Gasteiger partial charge < -0.3 is 15.7 Å². The van der Waals surface area contributed by atoms with Gasteiger partial charge in [0.2, 0.25) is 0 Å². The molecule has 4 nitrogen and oxygen atoms in total. The summed E-state index contributed by atoms with van der Waals surface area (Å²) in [5.74, 6) is 0.476. The molecule has 2 rings (SSSR count). The molecule has 2 unspecified atom stereocenters. The molecule has 0 spiro atoms. The summed E-state index contributed by atoms with van der Waals surface area (Å²) in [5, 5.41) is 9.42. The highest BCUT2D eigenvalue weighted by Gasteiger charge is 2.32. The summed E-state index contributed by atoms with van der Waals surface area (Å²) in [6, 6.07) is 6.71. The van der Waals surface area contributed by atoms with Crippen LogP contribution in [0.1, 0.15) is 29.6 Å². The second kappa shape index (κ2) is 5.40. The highest BCUT2D eigenvalue weighted by Crippen LogP contribution is 2.29. The standard InChI is InChI=1S/C14H20N2O2/c1-16(13-7-3-5-11(13)9-15)14(18)10-4-2-6-12(17)8-10/h2,4,6,8,11,13,17H,3,5,7,9,15H2,1H3. The van der Waals surface area contributed by atoms with Crippen LogP contribution in [0.2, 0.25) is 0 Å². The van der Waals surface area contributed by atoms with Crippen molar-refractivity contribution in [1.29, 1.82) is 0 Å². The molecule has 0 aromatic heterocycles. The molecule has 1 saturated carbocycles. The second-order valence-corrected chi connectivity index (χ2v) is 4.96. The Kier molecular flexibility index (Phi) is 3.87. The highest BCUT2D eigenvalue weighted by molar-refractivity contribution is 5.94. The van der Waals surface area contributed by atoms with Crippen molar-refractivity contribution in [3.63, 3.8) is 0 Å². The Morgan fingerprint density at radius 2 is 2.28 bits per heavy atom. The Morgan fingerprint density at radius 1 is 1.50 bits per heavy atom. The zero-order valence-corrected chi connectivity index (χ0v) is 10.7. The molecule has 1 amide bonds. The third-order valence-electron chi connectivity index (χ3n) is 3.83. The SMILES string of the molecule is CN(C(=O)c1cccc(O)c1)C1CCCC1CN. The van der Waals surface area contributed by atoms with Crippen LogP contribution in [0.5, 0.6) is 5.75 Å². The average molecular weight is 248 g/mol. The van der Waals surface area contributed by atoms with Gasteiger partial charge in [0.1, 0.15) is 5.75 Å². The number of rotatable bonds is 3. The summed E-state index contributed by atoms with van der Waals surface area (Å²) in [7, 11) is 1.82. The van der Waals surface area contributed by atoms with Gasteiger partial charge in [-0.05, 0) is 43.5 Å². The average Bonchev–Trinajstić information content (AvgIpc) is 2.85. The Bertz CT molecular complexity index is 434. The molecule has 1 aromatic rings.